The monoisotopic (exact) mass is 256 g/mol. The highest BCUT2D eigenvalue weighted by Gasteiger charge is 2.21. The van der Waals surface area contributed by atoms with E-state index in [4.69, 9.17) is 16.6 Å². The molecule has 0 aliphatic rings. The van der Waals surface area contributed by atoms with E-state index in [9.17, 15) is 4.79 Å². The maximum atomic E-state index is 10.8. The van der Waals surface area contributed by atoms with Gasteiger partial charge in [-0.05, 0) is 16.7 Å². The first kappa shape index (κ1) is 13.3. The van der Waals surface area contributed by atoms with Crippen LogP contribution in [0.15, 0.2) is 54.6 Å². The van der Waals surface area contributed by atoms with Gasteiger partial charge >= 0.3 is 5.97 Å². The topological polar surface area (TPSA) is 89.3 Å². The minimum atomic E-state index is -1.10. The highest BCUT2D eigenvalue weighted by molar-refractivity contribution is 5.74. The fourth-order valence-corrected chi connectivity index (χ4v) is 1.89. The summed E-state index contributed by atoms with van der Waals surface area (Å²) < 4.78 is 0. The zero-order chi connectivity index (χ0) is 13.8. The van der Waals surface area contributed by atoms with Crippen LogP contribution >= 0.6 is 0 Å². The summed E-state index contributed by atoms with van der Waals surface area (Å²) in [5, 5.41) is 8.84. The molecule has 0 bridgehead atoms. The number of hydrogen-bond donors (Lipinski definition) is 3. The number of carboxylic acid groups (broad SMARTS) is 1. The van der Waals surface area contributed by atoms with Gasteiger partial charge in [0.25, 0.3) is 0 Å². The van der Waals surface area contributed by atoms with E-state index in [0.717, 1.165) is 16.7 Å². The molecule has 2 aromatic carbocycles. The Balaban J connectivity index is 2.22. The lowest BCUT2D eigenvalue weighted by molar-refractivity contribution is -0.139. The predicted octanol–water partition coefficient (Wildman–Crippen LogP) is 1.77. The Morgan fingerprint density at radius 2 is 1.42 bits per heavy atom. The molecule has 0 saturated heterocycles. The van der Waals surface area contributed by atoms with Crippen LogP contribution in [0, 0.1) is 0 Å². The van der Waals surface area contributed by atoms with Crippen molar-refractivity contribution in [1.82, 2.24) is 0 Å². The van der Waals surface area contributed by atoms with Gasteiger partial charge in [0.15, 0.2) is 0 Å². The second-order valence-corrected chi connectivity index (χ2v) is 4.38. The summed E-state index contributed by atoms with van der Waals surface area (Å²) in [5.41, 5.74) is 14.2. The second-order valence-electron chi connectivity index (χ2n) is 4.38. The number of nitrogens with two attached hydrogens (primary N) is 2. The molecule has 2 unspecified atom stereocenters. The van der Waals surface area contributed by atoms with Crippen molar-refractivity contribution in [3.05, 3.63) is 60.2 Å². The van der Waals surface area contributed by atoms with Crippen molar-refractivity contribution in [1.29, 1.82) is 0 Å². The van der Waals surface area contributed by atoms with E-state index in [1.807, 2.05) is 54.6 Å². The van der Waals surface area contributed by atoms with Gasteiger partial charge in [-0.1, -0.05) is 54.6 Å². The van der Waals surface area contributed by atoms with Gasteiger partial charge in [-0.25, -0.2) is 0 Å². The zero-order valence-electron chi connectivity index (χ0n) is 10.4. The van der Waals surface area contributed by atoms with Crippen LogP contribution < -0.4 is 11.5 Å². The average molecular weight is 256 g/mol. The number of hydrogen-bond acceptors (Lipinski definition) is 3. The third-order valence-electron chi connectivity index (χ3n) is 3.07. The molecule has 2 rings (SSSR count). The highest BCUT2D eigenvalue weighted by atomic mass is 16.4. The van der Waals surface area contributed by atoms with Crippen molar-refractivity contribution >= 4 is 5.97 Å². The molecule has 2 atom stereocenters. The predicted molar refractivity (Wildman–Crippen MR) is 74.4 cm³/mol. The van der Waals surface area contributed by atoms with Crippen molar-refractivity contribution < 1.29 is 9.90 Å². The molecule has 0 spiro atoms. The van der Waals surface area contributed by atoms with Gasteiger partial charge in [0.1, 0.15) is 6.04 Å². The molecule has 0 aliphatic heterocycles. The maximum Gasteiger partial charge on any atom is 0.322 e. The third kappa shape index (κ3) is 2.99. The van der Waals surface area contributed by atoms with E-state index >= 15 is 0 Å². The standard InChI is InChI=1S/C15H16N2O2/c16-13(14(17)15(18)19)12-8-6-11(7-9-12)10-4-2-1-3-5-10/h1-9,13-14H,16-17H2,(H,18,19). The van der Waals surface area contributed by atoms with Crippen LogP contribution in [-0.2, 0) is 4.79 Å². The average Bonchev–Trinajstić information content (AvgIpc) is 2.46. The Kier molecular flexibility index (Phi) is 3.94. The van der Waals surface area contributed by atoms with Gasteiger partial charge in [0.2, 0.25) is 0 Å². The van der Waals surface area contributed by atoms with Gasteiger partial charge in [0.05, 0.1) is 6.04 Å². The Hall–Kier alpha value is -2.17. The van der Waals surface area contributed by atoms with Crippen molar-refractivity contribution in [2.75, 3.05) is 0 Å². The zero-order valence-corrected chi connectivity index (χ0v) is 10.4. The molecule has 0 saturated carbocycles. The molecule has 0 amide bonds. The first-order chi connectivity index (χ1) is 9.09. The molecule has 0 radical (unpaired) electrons. The Bertz CT molecular complexity index is 552. The molecule has 0 fully saturated rings. The first-order valence-electron chi connectivity index (χ1n) is 5.99. The molecular weight excluding hydrogens is 240 g/mol. The number of carbonyl (C=O) groups is 1. The normalized spacial score (nSPS) is 13.8. The van der Waals surface area contributed by atoms with Crippen LogP contribution in [0.5, 0.6) is 0 Å². The SMILES string of the molecule is NC(C(=O)O)C(N)c1ccc(-c2ccccc2)cc1. The molecule has 5 N–H and O–H groups in total. The Morgan fingerprint density at radius 1 is 0.895 bits per heavy atom. The van der Waals surface area contributed by atoms with Crippen molar-refractivity contribution in [2.45, 2.75) is 12.1 Å². The van der Waals surface area contributed by atoms with E-state index in [-0.39, 0.29) is 0 Å². The summed E-state index contributed by atoms with van der Waals surface area (Å²) in [5.74, 6) is -1.10. The Labute approximate surface area is 111 Å². The fourth-order valence-electron chi connectivity index (χ4n) is 1.89. The molecule has 4 nitrogen and oxygen atoms in total. The van der Waals surface area contributed by atoms with Gasteiger partial charge in [-0.3, -0.25) is 4.79 Å². The van der Waals surface area contributed by atoms with Crippen molar-refractivity contribution in [2.24, 2.45) is 11.5 Å². The summed E-state index contributed by atoms with van der Waals surface area (Å²) in [4.78, 5) is 10.8. The molecule has 4 heteroatoms. The third-order valence-corrected chi connectivity index (χ3v) is 3.07. The smallest absolute Gasteiger partial charge is 0.322 e. The van der Waals surface area contributed by atoms with Crippen LogP contribution in [0.3, 0.4) is 0 Å². The minimum Gasteiger partial charge on any atom is -0.480 e. The van der Waals surface area contributed by atoms with Gasteiger partial charge in [-0.15, -0.1) is 0 Å². The maximum absolute atomic E-state index is 10.8. The summed E-state index contributed by atoms with van der Waals surface area (Å²) in [6, 6.07) is 15.6. The lowest BCUT2D eigenvalue weighted by Crippen LogP contribution is -2.40. The van der Waals surface area contributed by atoms with E-state index in [0.29, 0.717) is 0 Å². The summed E-state index contributed by atoms with van der Waals surface area (Å²) in [6.45, 7) is 0. The van der Waals surface area contributed by atoms with E-state index in [2.05, 4.69) is 0 Å². The lowest BCUT2D eigenvalue weighted by Gasteiger charge is -2.16. The quantitative estimate of drug-likeness (QED) is 0.777. The Morgan fingerprint density at radius 3 is 1.95 bits per heavy atom. The van der Waals surface area contributed by atoms with E-state index < -0.39 is 18.1 Å². The van der Waals surface area contributed by atoms with E-state index in [1.165, 1.54) is 0 Å². The van der Waals surface area contributed by atoms with Gasteiger partial charge in [-0.2, -0.15) is 0 Å². The van der Waals surface area contributed by atoms with Gasteiger partial charge in [0, 0.05) is 0 Å². The fraction of sp³-hybridized carbons (Fsp3) is 0.133. The molecule has 19 heavy (non-hydrogen) atoms. The lowest BCUT2D eigenvalue weighted by atomic mass is 9.97. The second kappa shape index (κ2) is 5.65. The number of carboxylic acids is 1. The number of rotatable bonds is 4. The van der Waals surface area contributed by atoms with E-state index in [1.54, 1.807) is 0 Å². The molecule has 0 aliphatic carbocycles. The summed E-state index contributed by atoms with van der Waals surface area (Å²) in [6.07, 6.45) is 0. The molecule has 2 aromatic rings. The van der Waals surface area contributed by atoms with Crippen LogP contribution in [0.25, 0.3) is 11.1 Å². The number of benzene rings is 2. The van der Waals surface area contributed by atoms with Crippen LogP contribution in [0.2, 0.25) is 0 Å². The molecule has 0 aromatic heterocycles. The molecule has 0 heterocycles. The largest absolute Gasteiger partial charge is 0.480 e. The first-order valence-corrected chi connectivity index (χ1v) is 5.99. The highest BCUT2D eigenvalue weighted by Crippen LogP contribution is 2.21. The van der Waals surface area contributed by atoms with Crippen LogP contribution in [0.1, 0.15) is 11.6 Å². The molecule has 98 valence electrons. The minimum absolute atomic E-state index is 0.706. The van der Waals surface area contributed by atoms with Gasteiger partial charge < -0.3 is 16.6 Å². The summed E-state index contributed by atoms with van der Waals surface area (Å²) >= 11 is 0. The van der Waals surface area contributed by atoms with Crippen LogP contribution in [0.4, 0.5) is 0 Å². The molecular formula is C15H16N2O2. The van der Waals surface area contributed by atoms with Crippen LogP contribution in [-0.4, -0.2) is 17.1 Å². The number of aliphatic carboxylic acids is 1. The summed E-state index contributed by atoms with van der Waals surface area (Å²) in [7, 11) is 0. The van der Waals surface area contributed by atoms with Crippen molar-refractivity contribution in [3.8, 4) is 11.1 Å². The van der Waals surface area contributed by atoms with Crippen molar-refractivity contribution in [3.63, 3.8) is 0 Å².